The fourth-order valence-electron chi connectivity index (χ4n) is 2.64. The minimum atomic E-state index is -0.754. The highest BCUT2D eigenvalue weighted by Gasteiger charge is 2.37. The Balaban J connectivity index is 2.20. The lowest BCUT2D eigenvalue weighted by Gasteiger charge is -2.37. The van der Waals surface area contributed by atoms with Crippen LogP contribution in [0.2, 0.25) is 0 Å². The third kappa shape index (κ3) is 2.67. The Morgan fingerprint density at radius 2 is 2.41 bits per heavy atom. The first kappa shape index (κ1) is 12.5. The van der Waals surface area contributed by atoms with Crippen LogP contribution in [-0.4, -0.2) is 22.8 Å². The predicted octanol–water partition coefficient (Wildman–Crippen LogP) is 2.56. The van der Waals surface area contributed by atoms with Crippen molar-refractivity contribution in [3.8, 4) is 0 Å². The molecule has 1 aliphatic rings. The van der Waals surface area contributed by atoms with Crippen molar-refractivity contribution < 1.29 is 9.84 Å². The molecule has 2 heterocycles. The molecule has 1 saturated heterocycles. The number of rotatable bonds is 3. The summed E-state index contributed by atoms with van der Waals surface area (Å²) in [6, 6.07) is 1.96. The van der Waals surface area contributed by atoms with E-state index in [4.69, 9.17) is 4.74 Å². The third-order valence-electron chi connectivity index (χ3n) is 3.59. The number of aryl methyl sites for hydroxylation is 1. The Morgan fingerprint density at radius 1 is 1.59 bits per heavy atom. The van der Waals surface area contributed by atoms with Gasteiger partial charge in [0.2, 0.25) is 0 Å². The fraction of sp³-hybridized carbons (Fsp3) is 0.643. The lowest BCUT2D eigenvalue weighted by Crippen LogP contribution is -2.39. The molecule has 0 aliphatic carbocycles. The molecule has 17 heavy (non-hydrogen) atoms. The van der Waals surface area contributed by atoms with Gasteiger partial charge in [0.25, 0.3) is 0 Å². The zero-order valence-corrected chi connectivity index (χ0v) is 10.6. The van der Waals surface area contributed by atoms with Crippen LogP contribution in [0.4, 0.5) is 0 Å². The summed E-state index contributed by atoms with van der Waals surface area (Å²) in [5, 5.41) is 10.8. The second-order valence-corrected chi connectivity index (χ2v) is 4.96. The number of nitrogens with zero attached hydrogens (tertiary/aromatic N) is 1. The Bertz CT molecular complexity index is 378. The van der Waals surface area contributed by atoms with E-state index in [9.17, 15) is 5.11 Å². The maximum absolute atomic E-state index is 10.8. The highest BCUT2D eigenvalue weighted by molar-refractivity contribution is 5.28. The van der Waals surface area contributed by atoms with Gasteiger partial charge in [0.05, 0.1) is 18.3 Å². The fourth-order valence-corrected chi connectivity index (χ4v) is 2.64. The molecular formula is C14H21NO2. The average Bonchev–Trinajstić information content (AvgIpc) is 2.30. The Labute approximate surface area is 103 Å². The monoisotopic (exact) mass is 235 g/mol. The molecule has 1 aromatic heterocycles. The zero-order chi connectivity index (χ0) is 12.3. The van der Waals surface area contributed by atoms with Crippen LogP contribution in [0.25, 0.3) is 0 Å². The molecule has 0 amide bonds. The molecule has 94 valence electrons. The Kier molecular flexibility index (Phi) is 3.79. The molecule has 0 saturated carbocycles. The van der Waals surface area contributed by atoms with Gasteiger partial charge in [-0.25, -0.2) is 0 Å². The summed E-state index contributed by atoms with van der Waals surface area (Å²) in [6.07, 6.45) is 7.20. The lowest BCUT2D eigenvalue weighted by molar-refractivity contribution is -0.110. The molecule has 2 rings (SSSR count). The van der Waals surface area contributed by atoms with Crippen LogP contribution in [0.15, 0.2) is 18.5 Å². The van der Waals surface area contributed by atoms with Crippen LogP contribution in [-0.2, 0) is 10.3 Å². The number of aromatic nitrogens is 1. The summed E-state index contributed by atoms with van der Waals surface area (Å²) in [4.78, 5) is 4.14. The second kappa shape index (κ2) is 5.15. The third-order valence-corrected chi connectivity index (χ3v) is 3.59. The van der Waals surface area contributed by atoms with Gasteiger partial charge in [0.15, 0.2) is 0 Å². The second-order valence-electron chi connectivity index (χ2n) is 4.96. The number of ether oxygens (including phenoxy) is 1. The number of aliphatic hydroxyl groups is 1. The lowest BCUT2D eigenvalue weighted by atomic mass is 9.82. The van der Waals surface area contributed by atoms with Crippen molar-refractivity contribution in [1.29, 1.82) is 0 Å². The molecule has 1 aromatic rings. The maximum Gasteiger partial charge on any atom is 0.0960 e. The molecular weight excluding hydrogens is 214 g/mol. The van der Waals surface area contributed by atoms with E-state index in [1.165, 1.54) is 0 Å². The predicted molar refractivity (Wildman–Crippen MR) is 66.8 cm³/mol. The molecule has 3 nitrogen and oxygen atoms in total. The molecule has 1 fully saturated rings. The topological polar surface area (TPSA) is 42.4 Å². The van der Waals surface area contributed by atoms with Gasteiger partial charge in [-0.15, -0.1) is 0 Å². The smallest absolute Gasteiger partial charge is 0.0960 e. The van der Waals surface area contributed by atoms with E-state index >= 15 is 0 Å². The Hall–Kier alpha value is -0.930. The van der Waals surface area contributed by atoms with Crippen molar-refractivity contribution in [2.45, 2.75) is 51.2 Å². The van der Waals surface area contributed by atoms with Gasteiger partial charge >= 0.3 is 0 Å². The highest BCUT2D eigenvalue weighted by atomic mass is 16.5. The quantitative estimate of drug-likeness (QED) is 0.875. The summed E-state index contributed by atoms with van der Waals surface area (Å²) < 4.78 is 5.69. The van der Waals surface area contributed by atoms with Crippen molar-refractivity contribution >= 4 is 0 Å². The van der Waals surface area contributed by atoms with E-state index in [0.29, 0.717) is 19.4 Å². The molecule has 2 atom stereocenters. The van der Waals surface area contributed by atoms with E-state index in [2.05, 4.69) is 11.9 Å². The van der Waals surface area contributed by atoms with Gasteiger partial charge in [-0.05, 0) is 25.0 Å². The van der Waals surface area contributed by atoms with E-state index in [1.807, 2.05) is 13.0 Å². The van der Waals surface area contributed by atoms with E-state index in [1.54, 1.807) is 12.4 Å². The van der Waals surface area contributed by atoms with Crippen molar-refractivity contribution in [2.75, 3.05) is 6.61 Å². The standard InChI is InChI=1S/C14H21NO2/c1-3-4-12-9-14(16,6-8-17-12)13-10-15-7-5-11(13)2/h5,7,10,12,16H,3-4,6,8-9H2,1-2H3. The van der Waals surface area contributed by atoms with Crippen molar-refractivity contribution in [1.82, 2.24) is 4.98 Å². The van der Waals surface area contributed by atoms with Crippen LogP contribution in [0.1, 0.15) is 43.7 Å². The number of pyridine rings is 1. The Morgan fingerprint density at radius 3 is 3.12 bits per heavy atom. The van der Waals surface area contributed by atoms with E-state index < -0.39 is 5.60 Å². The first-order valence-electron chi connectivity index (χ1n) is 6.41. The largest absolute Gasteiger partial charge is 0.385 e. The van der Waals surface area contributed by atoms with Crippen LogP contribution in [0, 0.1) is 6.92 Å². The minimum Gasteiger partial charge on any atom is -0.385 e. The summed E-state index contributed by atoms with van der Waals surface area (Å²) in [7, 11) is 0. The van der Waals surface area contributed by atoms with Crippen molar-refractivity contribution in [3.05, 3.63) is 29.6 Å². The van der Waals surface area contributed by atoms with Crippen LogP contribution >= 0.6 is 0 Å². The first-order chi connectivity index (χ1) is 8.15. The average molecular weight is 235 g/mol. The van der Waals surface area contributed by atoms with Crippen LogP contribution < -0.4 is 0 Å². The molecule has 0 radical (unpaired) electrons. The number of hydrogen-bond acceptors (Lipinski definition) is 3. The number of hydrogen-bond donors (Lipinski definition) is 1. The normalized spacial score (nSPS) is 29.2. The maximum atomic E-state index is 10.8. The van der Waals surface area contributed by atoms with Gasteiger partial charge < -0.3 is 9.84 Å². The van der Waals surface area contributed by atoms with Gasteiger partial charge in [0.1, 0.15) is 0 Å². The summed E-state index contributed by atoms with van der Waals surface area (Å²) in [5.41, 5.74) is 1.32. The highest BCUT2D eigenvalue weighted by Crippen LogP contribution is 2.36. The van der Waals surface area contributed by atoms with E-state index in [-0.39, 0.29) is 6.10 Å². The van der Waals surface area contributed by atoms with Crippen LogP contribution in [0.5, 0.6) is 0 Å². The summed E-state index contributed by atoms with van der Waals surface area (Å²) >= 11 is 0. The molecule has 1 aliphatic heterocycles. The molecule has 3 heteroatoms. The SMILES string of the molecule is CCCC1CC(O)(c2cnccc2C)CCO1. The molecule has 0 bridgehead atoms. The van der Waals surface area contributed by atoms with Gasteiger partial charge in [-0.2, -0.15) is 0 Å². The van der Waals surface area contributed by atoms with Gasteiger partial charge in [0, 0.05) is 30.8 Å². The van der Waals surface area contributed by atoms with E-state index in [0.717, 1.165) is 24.0 Å². The minimum absolute atomic E-state index is 0.179. The molecule has 0 aromatic carbocycles. The van der Waals surface area contributed by atoms with Crippen molar-refractivity contribution in [2.24, 2.45) is 0 Å². The molecule has 1 N–H and O–H groups in total. The first-order valence-corrected chi connectivity index (χ1v) is 6.41. The van der Waals surface area contributed by atoms with Crippen molar-refractivity contribution in [3.63, 3.8) is 0 Å². The van der Waals surface area contributed by atoms with Crippen LogP contribution in [0.3, 0.4) is 0 Å². The molecule has 2 unspecified atom stereocenters. The molecule has 0 spiro atoms. The zero-order valence-electron chi connectivity index (χ0n) is 10.6. The summed E-state index contributed by atoms with van der Waals surface area (Å²) in [6.45, 7) is 4.81. The summed E-state index contributed by atoms with van der Waals surface area (Å²) in [5.74, 6) is 0. The van der Waals surface area contributed by atoms with Gasteiger partial charge in [-0.3, -0.25) is 4.98 Å². The van der Waals surface area contributed by atoms with Gasteiger partial charge in [-0.1, -0.05) is 13.3 Å².